The molecule has 0 spiro atoms. The number of hydrogen-bond acceptors (Lipinski definition) is 6. The molecule has 5 atom stereocenters. The predicted molar refractivity (Wildman–Crippen MR) is 112 cm³/mol. The van der Waals surface area contributed by atoms with E-state index in [0.29, 0.717) is 13.0 Å². The lowest BCUT2D eigenvalue weighted by Gasteiger charge is -2.41. The van der Waals surface area contributed by atoms with Gasteiger partial charge in [0, 0.05) is 18.4 Å². The van der Waals surface area contributed by atoms with Crippen molar-refractivity contribution in [3.05, 3.63) is 63.7 Å². The smallest absolute Gasteiger partial charge is 0.126 e. The van der Waals surface area contributed by atoms with Gasteiger partial charge in [0.15, 0.2) is 0 Å². The number of aryl methyl sites for hydroxylation is 1. The molecule has 2 aliphatic heterocycles. The van der Waals surface area contributed by atoms with Gasteiger partial charge in [0.2, 0.25) is 0 Å². The Bertz CT molecular complexity index is 892. The number of ether oxygens (including phenoxy) is 2. The lowest BCUT2D eigenvalue weighted by atomic mass is 9.85. The van der Waals surface area contributed by atoms with Gasteiger partial charge in [-0.3, -0.25) is 0 Å². The van der Waals surface area contributed by atoms with Crippen LogP contribution in [0.25, 0.3) is 0 Å². The fourth-order valence-electron chi connectivity index (χ4n) is 4.53. The molecule has 6 heteroatoms. The van der Waals surface area contributed by atoms with Gasteiger partial charge in [-0.2, -0.15) is 0 Å². The first kappa shape index (κ1) is 21.3. The Hall–Kier alpha value is -1.96. The maximum Gasteiger partial charge on any atom is 0.126 e. The molecule has 2 unspecified atom stereocenters. The average molecular weight is 414 g/mol. The molecule has 0 radical (unpaired) electrons. The Labute approximate surface area is 176 Å². The zero-order chi connectivity index (χ0) is 21.4. The first-order valence-electron chi connectivity index (χ1n) is 10.6. The molecule has 0 saturated carbocycles. The van der Waals surface area contributed by atoms with Crippen LogP contribution in [0.15, 0.2) is 30.3 Å². The van der Waals surface area contributed by atoms with Crippen molar-refractivity contribution in [2.45, 2.75) is 63.6 Å². The maximum atomic E-state index is 10.6. The molecule has 0 bridgehead atoms. The van der Waals surface area contributed by atoms with Gasteiger partial charge in [0.05, 0.1) is 13.2 Å². The standard InChI is InChI=1S/C24H30O6/c1-3-14-4-6-15(7-5-14)10-16-11-18(13(2)17-8-9-29-23(16)17)24-22(28)21(27)20(26)19(12-25)30-24/h4-7,11,19-22,24-28H,3,8-10,12H2,1-2H3/t19-,20+,21?,22?,24+/m1/s1. The molecule has 162 valence electrons. The summed E-state index contributed by atoms with van der Waals surface area (Å²) >= 11 is 0. The number of benzene rings is 2. The highest BCUT2D eigenvalue weighted by molar-refractivity contribution is 5.54. The van der Waals surface area contributed by atoms with Gasteiger partial charge >= 0.3 is 0 Å². The number of rotatable bonds is 5. The Balaban J connectivity index is 1.72. The lowest BCUT2D eigenvalue weighted by Crippen LogP contribution is -2.55. The summed E-state index contributed by atoms with van der Waals surface area (Å²) in [5.41, 5.74) is 6.25. The van der Waals surface area contributed by atoms with Crippen LogP contribution in [0.4, 0.5) is 0 Å². The second-order valence-electron chi connectivity index (χ2n) is 8.25. The molecule has 1 saturated heterocycles. The normalized spacial score (nSPS) is 28.3. The third-order valence-corrected chi connectivity index (χ3v) is 6.40. The van der Waals surface area contributed by atoms with E-state index in [-0.39, 0.29) is 0 Å². The number of fused-ring (bicyclic) bond motifs is 1. The highest BCUT2D eigenvalue weighted by Gasteiger charge is 2.45. The summed E-state index contributed by atoms with van der Waals surface area (Å²) in [5.74, 6) is 0.889. The Morgan fingerprint density at radius 1 is 1.00 bits per heavy atom. The molecular formula is C24H30O6. The highest BCUT2D eigenvalue weighted by Crippen LogP contribution is 2.41. The monoisotopic (exact) mass is 414 g/mol. The first-order chi connectivity index (χ1) is 14.4. The summed E-state index contributed by atoms with van der Waals surface area (Å²) in [5, 5.41) is 40.6. The number of aliphatic hydroxyl groups is 4. The zero-order valence-corrected chi connectivity index (χ0v) is 17.4. The van der Waals surface area contributed by atoms with Crippen LogP contribution in [0, 0.1) is 6.92 Å². The van der Waals surface area contributed by atoms with Gasteiger partial charge in [-0.05, 0) is 47.2 Å². The Morgan fingerprint density at radius 2 is 1.70 bits per heavy atom. The van der Waals surface area contributed by atoms with Gasteiger partial charge in [-0.25, -0.2) is 0 Å². The average Bonchev–Trinajstić information content (AvgIpc) is 3.26. The second-order valence-corrected chi connectivity index (χ2v) is 8.25. The van der Waals surface area contributed by atoms with E-state index in [0.717, 1.165) is 46.4 Å². The van der Waals surface area contributed by atoms with Gasteiger partial charge in [-0.15, -0.1) is 0 Å². The van der Waals surface area contributed by atoms with E-state index in [2.05, 4.69) is 31.2 Å². The van der Waals surface area contributed by atoms with E-state index in [1.54, 1.807) is 0 Å². The van der Waals surface area contributed by atoms with E-state index in [1.807, 2.05) is 13.0 Å². The topological polar surface area (TPSA) is 99.4 Å². The number of aliphatic hydroxyl groups excluding tert-OH is 4. The third-order valence-electron chi connectivity index (χ3n) is 6.40. The van der Waals surface area contributed by atoms with Crippen LogP contribution < -0.4 is 4.74 Å². The molecule has 6 nitrogen and oxygen atoms in total. The molecule has 1 fully saturated rings. The molecule has 4 N–H and O–H groups in total. The minimum absolute atomic E-state index is 0.439. The SMILES string of the molecule is CCc1ccc(Cc2cc([C@@H]3O[C@H](CO)[C@H](O)C(O)C3O)c(C)c3c2OCC3)cc1. The van der Waals surface area contributed by atoms with Crippen molar-refractivity contribution >= 4 is 0 Å². The summed E-state index contributed by atoms with van der Waals surface area (Å²) < 4.78 is 11.8. The molecule has 4 rings (SSSR count). The summed E-state index contributed by atoms with van der Waals surface area (Å²) in [6, 6.07) is 10.5. The van der Waals surface area contributed by atoms with Gasteiger partial charge in [0.1, 0.15) is 36.3 Å². The van der Waals surface area contributed by atoms with Gasteiger partial charge < -0.3 is 29.9 Å². The minimum atomic E-state index is -1.39. The van der Waals surface area contributed by atoms with Crippen LogP contribution in [0.1, 0.15) is 46.4 Å². The minimum Gasteiger partial charge on any atom is -0.493 e. The maximum absolute atomic E-state index is 10.6. The predicted octanol–water partition coefficient (Wildman–Crippen LogP) is 1.60. The summed E-state index contributed by atoms with van der Waals surface area (Å²) in [4.78, 5) is 0. The van der Waals surface area contributed by atoms with E-state index >= 15 is 0 Å². The molecule has 2 heterocycles. The molecule has 2 aromatic rings. The van der Waals surface area contributed by atoms with Crippen LogP contribution in [-0.4, -0.2) is 58.1 Å². The van der Waals surface area contributed by atoms with Crippen molar-refractivity contribution in [2.75, 3.05) is 13.2 Å². The van der Waals surface area contributed by atoms with Crippen molar-refractivity contribution in [3.63, 3.8) is 0 Å². The van der Waals surface area contributed by atoms with Gasteiger partial charge in [0.25, 0.3) is 0 Å². The molecule has 30 heavy (non-hydrogen) atoms. The van der Waals surface area contributed by atoms with E-state index in [9.17, 15) is 20.4 Å². The molecule has 2 aromatic carbocycles. The fraction of sp³-hybridized carbons (Fsp3) is 0.500. The molecular weight excluding hydrogens is 384 g/mol. The van der Waals surface area contributed by atoms with Crippen molar-refractivity contribution < 1.29 is 29.9 Å². The van der Waals surface area contributed by atoms with Crippen LogP contribution >= 0.6 is 0 Å². The molecule has 0 aliphatic carbocycles. The third kappa shape index (κ3) is 3.74. The summed E-state index contributed by atoms with van der Waals surface area (Å²) in [7, 11) is 0. The quantitative estimate of drug-likeness (QED) is 0.593. The van der Waals surface area contributed by atoms with E-state index < -0.39 is 37.1 Å². The molecule has 2 aliphatic rings. The van der Waals surface area contributed by atoms with Crippen LogP contribution in [0.2, 0.25) is 0 Å². The summed E-state index contributed by atoms with van der Waals surface area (Å²) in [6.45, 7) is 4.26. The van der Waals surface area contributed by atoms with Crippen molar-refractivity contribution in [1.29, 1.82) is 0 Å². The molecule has 0 aromatic heterocycles. The first-order valence-corrected chi connectivity index (χ1v) is 10.6. The second kappa shape index (κ2) is 8.65. The highest BCUT2D eigenvalue weighted by atomic mass is 16.5. The molecule has 0 amide bonds. The zero-order valence-electron chi connectivity index (χ0n) is 17.4. The van der Waals surface area contributed by atoms with Crippen LogP contribution in [-0.2, 0) is 24.0 Å². The van der Waals surface area contributed by atoms with E-state index in [4.69, 9.17) is 9.47 Å². The lowest BCUT2D eigenvalue weighted by molar-refractivity contribution is -0.231. The largest absolute Gasteiger partial charge is 0.493 e. The Morgan fingerprint density at radius 3 is 2.37 bits per heavy atom. The van der Waals surface area contributed by atoms with Crippen molar-refractivity contribution in [3.8, 4) is 5.75 Å². The van der Waals surface area contributed by atoms with Crippen molar-refractivity contribution in [2.24, 2.45) is 0 Å². The Kier molecular flexibility index (Phi) is 6.14. The van der Waals surface area contributed by atoms with Gasteiger partial charge in [-0.1, -0.05) is 31.2 Å². The van der Waals surface area contributed by atoms with E-state index in [1.165, 1.54) is 5.56 Å². The van der Waals surface area contributed by atoms with Crippen LogP contribution in [0.5, 0.6) is 5.75 Å². The number of hydrogen-bond donors (Lipinski definition) is 4. The summed E-state index contributed by atoms with van der Waals surface area (Å²) in [6.07, 6.45) is -3.38. The van der Waals surface area contributed by atoms with Crippen LogP contribution in [0.3, 0.4) is 0 Å². The van der Waals surface area contributed by atoms with Crippen molar-refractivity contribution in [1.82, 2.24) is 0 Å². The fourth-order valence-corrected chi connectivity index (χ4v) is 4.53.